The largest absolute Gasteiger partial charge is 0.391 e. The van der Waals surface area contributed by atoms with Crippen molar-refractivity contribution in [2.75, 3.05) is 18.0 Å². The first-order valence-electron chi connectivity index (χ1n) is 6.51. The van der Waals surface area contributed by atoms with Crippen LogP contribution in [0.5, 0.6) is 0 Å². The molecule has 0 atom stereocenters. The topological polar surface area (TPSA) is 29.3 Å². The van der Waals surface area contributed by atoms with Crippen molar-refractivity contribution in [3.05, 3.63) is 29.3 Å². The van der Waals surface area contributed by atoms with Crippen LogP contribution in [0, 0.1) is 12.8 Å². The summed E-state index contributed by atoms with van der Waals surface area (Å²) >= 11 is 5.03. The molecule has 1 aromatic carbocycles. The van der Waals surface area contributed by atoms with Gasteiger partial charge < -0.3 is 10.6 Å². The summed E-state index contributed by atoms with van der Waals surface area (Å²) in [5, 5.41) is 0. The first-order chi connectivity index (χ1) is 9.30. The van der Waals surface area contributed by atoms with Gasteiger partial charge in [-0.25, -0.2) is 0 Å². The third-order valence-electron chi connectivity index (χ3n) is 3.78. The Labute approximate surface area is 121 Å². The van der Waals surface area contributed by atoms with Gasteiger partial charge in [0, 0.05) is 24.3 Å². The van der Waals surface area contributed by atoms with E-state index >= 15 is 0 Å². The maximum atomic E-state index is 12.7. The van der Waals surface area contributed by atoms with Crippen LogP contribution >= 0.6 is 12.2 Å². The van der Waals surface area contributed by atoms with Gasteiger partial charge in [0.05, 0.1) is 5.92 Å². The molecule has 1 fully saturated rings. The van der Waals surface area contributed by atoms with Gasteiger partial charge in [0.1, 0.15) is 4.99 Å². The Hall–Kier alpha value is -1.30. The number of anilines is 1. The quantitative estimate of drug-likeness (QED) is 0.849. The number of aryl methyl sites for hydroxylation is 1. The molecule has 0 aromatic heterocycles. The van der Waals surface area contributed by atoms with Crippen molar-refractivity contribution in [3.8, 4) is 0 Å². The Bertz CT molecular complexity index is 506. The second-order valence-electron chi connectivity index (χ2n) is 5.14. The zero-order valence-corrected chi connectivity index (χ0v) is 12.0. The Morgan fingerprint density at radius 2 is 1.90 bits per heavy atom. The normalized spacial score (nSPS) is 17.3. The summed E-state index contributed by atoms with van der Waals surface area (Å²) in [6.07, 6.45) is -3.85. The lowest BCUT2D eigenvalue weighted by Gasteiger charge is -2.36. The monoisotopic (exact) mass is 302 g/mol. The van der Waals surface area contributed by atoms with Crippen LogP contribution < -0.4 is 10.6 Å². The number of nitrogens with two attached hydrogens (primary N) is 1. The average molecular weight is 302 g/mol. The van der Waals surface area contributed by atoms with E-state index < -0.39 is 12.1 Å². The number of hydrogen-bond donors (Lipinski definition) is 1. The highest BCUT2D eigenvalue weighted by molar-refractivity contribution is 7.80. The number of nitrogens with zero attached hydrogens (tertiary/aromatic N) is 1. The van der Waals surface area contributed by atoms with Crippen molar-refractivity contribution < 1.29 is 13.2 Å². The van der Waals surface area contributed by atoms with Crippen LogP contribution in [0.1, 0.15) is 24.0 Å². The van der Waals surface area contributed by atoms with Crippen molar-refractivity contribution in [2.24, 2.45) is 11.7 Å². The molecular formula is C14H17F3N2S. The van der Waals surface area contributed by atoms with Crippen molar-refractivity contribution in [2.45, 2.75) is 25.9 Å². The molecule has 1 aromatic rings. The summed E-state index contributed by atoms with van der Waals surface area (Å²) in [5.41, 5.74) is 8.32. The minimum Gasteiger partial charge on any atom is -0.389 e. The fraction of sp³-hybridized carbons (Fsp3) is 0.500. The summed E-state index contributed by atoms with van der Waals surface area (Å²) in [6, 6.07) is 5.60. The van der Waals surface area contributed by atoms with E-state index in [1.54, 1.807) is 0 Å². The molecule has 0 amide bonds. The fourth-order valence-corrected chi connectivity index (χ4v) is 2.87. The maximum Gasteiger partial charge on any atom is 0.391 e. The third kappa shape index (κ3) is 3.06. The van der Waals surface area contributed by atoms with Crippen LogP contribution in [-0.4, -0.2) is 24.3 Å². The molecule has 2 rings (SSSR count). The second kappa shape index (κ2) is 5.60. The number of para-hydroxylation sites is 1. The Morgan fingerprint density at radius 1 is 1.30 bits per heavy atom. The first kappa shape index (κ1) is 15.1. The molecule has 20 heavy (non-hydrogen) atoms. The SMILES string of the molecule is Cc1cccc(C(N)=S)c1N1CCC(C(F)(F)F)CC1. The molecule has 1 saturated heterocycles. The zero-order chi connectivity index (χ0) is 14.9. The number of halogens is 3. The number of thiocarbonyl (C=S) groups is 1. The number of alkyl halides is 3. The molecular weight excluding hydrogens is 285 g/mol. The van der Waals surface area contributed by atoms with Crippen LogP contribution in [-0.2, 0) is 0 Å². The highest BCUT2D eigenvalue weighted by Gasteiger charge is 2.41. The van der Waals surface area contributed by atoms with Gasteiger partial charge in [0.25, 0.3) is 0 Å². The molecule has 1 aliphatic rings. The summed E-state index contributed by atoms with van der Waals surface area (Å²) < 4.78 is 38.1. The number of rotatable bonds is 2. The average Bonchev–Trinajstić information content (AvgIpc) is 2.37. The van der Waals surface area contributed by atoms with Gasteiger partial charge in [0.15, 0.2) is 0 Å². The minimum absolute atomic E-state index is 0.120. The molecule has 0 saturated carbocycles. The van der Waals surface area contributed by atoms with E-state index in [2.05, 4.69) is 0 Å². The van der Waals surface area contributed by atoms with Crippen LogP contribution in [0.2, 0.25) is 0 Å². The van der Waals surface area contributed by atoms with E-state index in [0.717, 1.165) is 16.8 Å². The standard InChI is InChI=1S/C14H17F3N2S/c1-9-3-2-4-11(13(18)20)12(9)19-7-5-10(6-8-19)14(15,16)17/h2-4,10H,5-8H2,1H3,(H2,18,20). The van der Waals surface area contributed by atoms with E-state index in [4.69, 9.17) is 18.0 Å². The van der Waals surface area contributed by atoms with Crippen molar-refractivity contribution in [3.63, 3.8) is 0 Å². The zero-order valence-electron chi connectivity index (χ0n) is 11.2. The first-order valence-corrected chi connectivity index (χ1v) is 6.92. The summed E-state index contributed by atoms with van der Waals surface area (Å²) in [6.45, 7) is 2.68. The number of hydrogen-bond acceptors (Lipinski definition) is 2. The Morgan fingerprint density at radius 3 is 2.40 bits per heavy atom. The van der Waals surface area contributed by atoms with Crippen LogP contribution in [0.25, 0.3) is 0 Å². The Kier molecular flexibility index (Phi) is 4.22. The number of benzene rings is 1. The van der Waals surface area contributed by atoms with E-state index in [9.17, 15) is 13.2 Å². The van der Waals surface area contributed by atoms with E-state index in [-0.39, 0.29) is 17.8 Å². The molecule has 6 heteroatoms. The highest BCUT2D eigenvalue weighted by Crippen LogP contribution is 2.36. The lowest BCUT2D eigenvalue weighted by molar-refractivity contribution is -0.179. The van der Waals surface area contributed by atoms with Crippen molar-refractivity contribution in [1.82, 2.24) is 0 Å². The van der Waals surface area contributed by atoms with Crippen LogP contribution in [0.15, 0.2) is 18.2 Å². The van der Waals surface area contributed by atoms with Gasteiger partial charge in [-0.15, -0.1) is 0 Å². The summed E-state index contributed by atoms with van der Waals surface area (Å²) in [7, 11) is 0. The van der Waals surface area contributed by atoms with Gasteiger partial charge >= 0.3 is 6.18 Å². The number of piperidine rings is 1. The second-order valence-corrected chi connectivity index (χ2v) is 5.58. The third-order valence-corrected chi connectivity index (χ3v) is 4.00. The molecule has 0 spiro atoms. The van der Waals surface area contributed by atoms with E-state index in [1.165, 1.54) is 0 Å². The molecule has 0 bridgehead atoms. The molecule has 0 radical (unpaired) electrons. The molecule has 2 nitrogen and oxygen atoms in total. The van der Waals surface area contributed by atoms with Crippen molar-refractivity contribution >= 4 is 22.9 Å². The molecule has 110 valence electrons. The minimum atomic E-state index is -4.09. The summed E-state index contributed by atoms with van der Waals surface area (Å²) in [4.78, 5) is 2.24. The molecule has 1 aliphatic heterocycles. The van der Waals surface area contributed by atoms with Crippen LogP contribution in [0.4, 0.5) is 18.9 Å². The van der Waals surface area contributed by atoms with Gasteiger partial charge in [-0.2, -0.15) is 13.2 Å². The molecule has 1 heterocycles. The lowest BCUT2D eigenvalue weighted by atomic mass is 9.94. The van der Waals surface area contributed by atoms with E-state index in [1.807, 2.05) is 30.0 Å². The van der Waals surface area contributed by atoms with Gasteiger partial charge in [-0.3, -0.25) is 0 Å². The fourth-order valence-electron chi connectivity index (χ4n) is 2.71. The van der Waals surface area contributed by atoms with Gasteiger partial charge in [-0.05, 0) is 31.4 Å². The van der Waals surface area contributed by atoms with Gasteiger partial charge in [-0.1, -0.05) is 24.4 Å². The highest BCUT2D eigenvalue weighted by atomic mass is 32.1. The summed E-state index contributed by atoms with van der Waals surface area (Å²) in [5.74, 6) is -1.20. The Balaban J connectivity index is 2.21. The molecule has 2 N–H and O–H groups in total. The predicted molar refractivity (Wildman–Crippen MR) is 78.1 cm³/mol. The smallest absolute Gasteiger partial charge is 0.389 e. The predicted octanol–water partition coefficient (Wildman–Crippen LogP) is 3.41. The molecule has 0 unspecified atom stereocenters. The molecule has 0 aliphatic carbocycles. The lowest BCUT2D eigenvalue weighted by Crippen LogP contribution is -2.40. The van der Waals surface area contributed by atoms with Crippen LogP contribution in [0.3, 0.4) is 0 Å². The van der Waals surface area contributed by atoms with Crippen molar-refractivity contribution in [1.29, 1.82) is 0 Å². The van der Waals surface area contributed by atoms with E-state index in [0.29, 0.717) is 13.1 Å². The van der Waals surface area contributed by atoms with Gasteiger partial charge in [0.2, 0.25) is 0 Å². The maximum absolute atomic E-state index is 12.7.